The summed E-state index contributed by atoms with van der Waals surface area (Å²) in [4.78, 5) is 31.2. The van der Waals surface area contributed by atoms with E-state index in [0.717, 1.165) is 5.69 Å². The Hall–Kier alpha value is -3.48. The lowest BCUT2D eigenvalue weighted by atomic mass is 10.2. The maximum Gasteiger partial charge on any atom is 0.354 e. The number of nitrogens with one attached hydrogen (secondary N) is 1. The van der Waals surface area contributed by atoms with Crippen molar-refractivity contribution in [1.82, 2.24) is 19.9 Å². The third-order valence-corrected chi connectivity index (χ3v) is 3.68. The molecule has 7 heteroatoms. The Morgan fingerprint density at radius 1 is 1.12 bits per heavy atom. The number of carboxylic acid groups (broad SMARTS) is 1. The van der Waals surface area contributed by atoms with Crippen LogP contribution in [-0.4, -0.2) is 31.5 Å². The molecule has 1 atom stereocenters. The molecule has 0 aliphatic carbocycles. The zero-order valence-electron chi connectivity index (χ0n) is 13.5. The highest BCUT2D eigenvalue weighted by atomic mass is 16.4. The first kappa shape index (κ1) is 16.4. The molecule has 126 valence electrons. The zero-order valence-corrected chi connectivity index (χ0v) is 13.5. The van der Waals surface area contributed by atoms with E-state index in [0.29, 0.717) is 5.82 Å². The predicted octanol–water partition coefficient (Wildman–Crippen LogP) is 2.46. The number of hydrogen-bond acceptors (Lipinski definition) is 4. The molecular formula is C18H16N4O3. The highest BCUT2D eigenvalue weighted by Crippen LogP contribution is 2.16. The largest absolute Gasteiger partial charge is 0.477 e. The van der Waals surface area contributed by atoms with Crippen molar-refractivity contribution in [3.05, 3.63) is 78.1 Å². The number of amides is 1. The molecule has 0 saturated carbocycles. The third kappa shape index (κ3) is 3.55. The molecule has 0 spiro atoms. The number of carbonyl (C=O) groups excluding carboxylic acids is 1. The number of hydrogen-bond donors (Lipinski definition) is 2. The molecule has 2 aromatic heterocycles. The van der Waals surface area contributed by atoms with Crippen molar-refractivity contribution >= 4 is 11.9 Å². The molecule has 0 aliphatic rings. The Bertz CT molecular complexity index is 888. The highest BCUT2D eigenvalue weighted by Gasteiger charge is 2.17. The van der Waals surface area contributed by atoms with Gasteiger partial charge in [-0.05, 0) is 31.2 Å². The second kappa shape index (κ2) is 6.96. The molecule has 0 bridgehead atoms. The van der Waals surface area contributed by atoms with E-state index in [2.05, 4.69) is 15.3 Å². The molecule has 2 heterocycles. The molecule has 0 aliphatic heterocycles. The summed E-state index contributed by atoms with van der Waals surface area (Å²) in [5, 5.41) is 11.7. The number of aromatic carboxylic acids is 1. The van der Waals surface area contributed by atoms with Crippen LogP contribution >= 0.6 is 0 Å². The van der Waals surface area contributed by atoms with Gasteiger partial charge >= 0.3 is 5.97 Å². The fourth-order valence-electron chi connectivity index (χ4n) is 2.44. The molecule has 0 radical (unpaired) electrons. The molecule has 25 heavy (non-hydrogen) atoms. The second-order valence-electron chi connectivity index (χ2n) is 5.42. The summed E-state index contributed by atoms with van der Waals surface area (Å²) < 4.78 is 1.90. The van der Waals surface area contributed by atoms with Crippen LogP contribution in [0.1, 0.15) is 39.6 Å². The first-order valence-electron chi connectivity index (χ1n) is 7.65. The quantitative estimate of drug-likeness (QED) is 0.746. The Kier molecular flexibility index (Phi) is 4.56. The maximum atomic E-state index is 12.3. The van der Waals surface area contributed by atoms with Crippen LogP contribution in [0.5, 0.6) is 0 Å². The molecule has 1 unspecified atom stereocenters. The van der Waals surface area contributed by atoms with E-state index in [1.807, 2.05) is 48.0 Å². The van der Waals surface area contributed by atoms with Crippen LogP contribution in [0, 0.1) is 0 Å². The SMILES string of the molecule is CC(NC(=O)c1ccc(C(=O)O)nc1)c1nccn1-c1ccccc1. The van der Waals surface area contributed by atoms with Gasteiger partial charge in [-0.1, -0.05) is 18.2 Å². The Morgan fingerprint density at radius 3 is 2.52 bits per heavy atom. The van der Waals surface area contributed by atoms with Crippen molar-refractivity contribution in [2.24, 2.45) is 0 Å². The van der Waals surface area contributed by atoms with Gasteiger partial charge in [-0.2, -0.15) is 0 Å². The zero-order chi connectivity index (χ0) is 17.8. The molecule has 0 saturated heterocycles. The average molecular weight is 336 g/mol. The number of aromatic nitrogens is 3. The molecule has 3 rings (SSSR count). The van der Waals surface area contributed by atoms with E-state index >= 15 is 0 Å². The van der Waals surface area contributed by atoms with E-state index in [9.17, 15) is 9.59 Å². The topological polar surface area (TPSA) is 97.1 Å². The molecule has 1 aromatic carbocycles. The minimum absolute atomic E-state index is 0.107. The first-order chi connectivity index (χ1) is 12.1. The molecule has 2 N–H and O–H groups in total. The van der Waals surface area contributed by atoms with Gasteiger partial charge in [-0.15, -0.1) is 0 Å². The van der Waals surface area contributed by atoms with Crippen LogP contribution in [-0.2, 0) is 0 Å². The molecule has 3 aromatic rings. The molecular weight excluding hydrogens is 320 g/mol. The van der Waals surface area contributed by atoms with Gasteiger partial charge in [0, 0.05) is 24.3 Å². The minimum atomic E-state index is -1.13. The van der Waals surface area contributed by atoms with Gasteiger partial charge in [-0.3, -0.25) is 4.79 Å². The molecule has 1 amide bonds. The van der Waals surface area contributed by atoms with Crippen molar-refractivity contribution in [2.45, 2.75) is 13.0 Å². The predicted molar refractivity (Wildman–Crippen MR) is 90.6 cm³/mol. The van der Waals surface area contributed by atoms with E-state index in [4.69, 9.17) is 5.11 Å². The fourth-order valence-corrected chi connectivity index (χ4v) is 2.44. The van der Waals surface area contributed by atoms with E-state index < -0.39 is 5.97 Å². The number of imidazole rings is 1. The number of rotatable bonds is 5. The standard InChI is InChI=1S/C18H16N4O3/c1-12(16-19-9-10-22(16)14-5-3-2-4-6-14)21-17(23)13-7-8-15(18(24)25)20-11-13/h2-12H,1H3,(H,21,23)(H,24,25). The summed E-state index contributed by atoms with van der Waals surface area (Å²) in [5.74, 6) is -0.792. The monoisotopic (exact) mass is 336 g/mol. The van der Waals surface area contributed by atoms with E-state index in [-0.39, 0.29) is 23.2 Å². The second-order valence-corrected chi connectivity index (χ2v) is 5.42. The molecule has 7 nitrogen and oxygen atoms in total. The smallest absolute Gasteiger partial charge is 0.354 e. The van der Waals surface area contributed by atoms with Crippen LogP contribution in [0.15, 0.2) is 61.1 Å². The summed E-state index contributed by atoms with van der Waals surface area (Å²) in [7, 11) is 0. The number of pyridine rings is 1. The Labute approximate surface area is 144 Å². The van der Waals surface area contributed by atoms with Crippen molar-refractivity contribution in [3.8, 4) is 5.69 Å². The summed E-state index contributed by atoms with van der Waals surface area (Å²) in [6.07, 6.45) is 4.75. The third-order valence-electron chi connectivity index (χ3n) is 3.68. The maximum absolute atomic E-state index is 12.3. The Morgan fingerprint density at radius 2 is 1.88 bits per heavy atom. The van der Waals surface area contributed by atoms with Gasteiger partial charge in [0.25, 0.3) is 5.91 Å². The summed E-state index contributed by atoms with van der Waals surface area (Å²) >= 11 is 0. The summed E-state index contributed by atoms with van der Waals surface area (Å²) in [6.45, 7) is 1.83. The lowest BCUT2D eigenvalue weighted by Crippen LogP contribution is -2.28. The van der Waals surface area contributed by atoms with Gasteiger partial charge in [0.15, 0.2) is 0 Å². The van der Waals surface area contributed by atoms with Crippen LogP contribution in [0.25, 0.3) is 5.69 Å². The Balaban J connectivity index is 1.76. The number of carbonyl (C=O) groups is 2. The first-order valence-corrected chi connectivity index (χ1v) is 7.65. The van der Waals surface area contributed by atoms with Gasteiger partial charge in [0.2, 0.25) is 0 Å². The van der Waals surface area contributed by atoms with Gasteiger partial charge in [-0.25, -0.2) is 14.8 Å². The lowest BCUT2D eigenvalue weighted by molar-refractivity contribution is 0.0689. The van der Waals surface area contributed by atoms with Crippen LogP contribution in [0.2, 0.25) is 0 Å². The number of nitrogens with zero attached hydrogens (tertiary/aromatic N) is 3. The van der Waals surface area contributed by atoms with Gasteiger partial charge < -0.3 is 15.0 Å². The van der Waals surface area contributed by atoms with Crippen molar-refractivity contribution in [2.75, 3.05) is 0 Å². The average Bonchev–Trinajstić information content (AvgIpc) is 3.12. The van der Waals surface area contributed by atoms with Crippen LogP contribution < -0.4 is 5.32 Å². The number of benzene rings is 1. The fraction of sp³-hybridized carbons (Fsp3) is 0.111. The number of para-hydroxylation sites is 1. The van der Waals surface area contributed by atoms with Gasteiger partial charge in [0.1, 0.15) is 11.5 Å². The van der Waals surface area contributed by atoms with E-state index in [1.54, 1.807) is 6.20 Å². The van der Waals surface area contributed by atoms with Crippen molar-refractivity contribution in [1.29, 1.82) is 0 Å². The lowest BCUT2D eigenvalue weighted by Gasteiger charge is -2.16. The van der Waals surface area contributed by atoms with E-state index in [1.165, 1.54) is 18.3 Å². The normalized spacial score (nSPS) is 11.7. The number of carboxylic acids is 1. The van der Waals surface area contributed by atoms with Crippen LogP contribution in [0.4, 0.5) is 0 Å². The minimum Gasteiger partial charge on any atom is -0.477 e. The highest BCUT2D eigenvalue weighted by molar-refractivity contribution is 5.95. The molecule has 0 fully saturated rings. The summed E-state index contributed by atoms with van der Waals surface area (Å²) in [5.41, 5.74) is 1.13. The van der Waals surface area contributed by atoms with Gasteiger partial charge in [0.05, 0.1) is 11.6 Å². The summed E-state index contributed by atoms with van der Waals surface area (Å²) in [6, 6.07) is 12.1. The van der Waals surface area contributed by atoms with Crippen molar-refractivity contribution in [3.63, 3.8) is 0 Å². The van der Waals surface area contributed by atoms with Crippen molar-refractivity contribution < 1.29 is 14.7 Å². The van der Waals surface area contributed by atoms with Crippen LogP contribution in [0.3, 0.4) is 0 Å².